The Morgan fingerprint density at radius 3 is 2.11 bits per heavy atom. The number of pyridine rings is 2. The number of fused-ring (bicyclic) bond motifs is 4. The topological polar surface area (TPSA) is 38.9 Å². The van der Waals surface area contributed by atoms with Crippen LogP contribution in [0.5, 0.6) is 0 Å². The van der Waals surface area contributed by atoms with Crippen LogP contribution in [0, 0.1) is 12.1 Å². The van der Waals surface area contributed by atoms with Gasteiger partial charge in [0.15, 0.2) is 0 Å². The summed E-state index contributed by atoms with van der Waals surface area (Å²) in [7, 11) is -1.57. The van der Waals surface area contributed by atoms with Gasteiger partial charge >= 0.3 is 0 Å². The van der Waals surface area contributed by atoms with E-state index >= 15 is 0 Å². The number of aromatic nitrogens is 2. The summed E-state index contributed by atoms with van der Waals surface area (Å²) in [6.45, 7) is 10.8. The van der Waals surface area contributed by atoms with Crippen molar-refractivity contribution in [3.05, 3.63) is 163 Å². The Hall–Kier alpha value is -4.93. The summed E-state index contributed by atoms with van der Waals surface area (Å²) in [5, 5.41) is 3.53. The molecule has 0 aliphatic heterocycles. The summed E-state index contributed by atoms with van der Waals surface area (Å²) in [5.41, 5.74) is 14.3. The van der Waals surface area contributed by atoms with Crippen LogP contribution in [0.25, 0.3) is 66.7 Å². The number of furan rings is 1. The van der Waals surface area contributed by atoms with Crippen molar-refractivity contribution in [3.8, 4) is 44.8 Å². The van der Waals surface area contributed by atoms with E-state index in [0.717, 1.165) is 74.0 Å². The van der Waals surface area contributed by atoms with Crippen LogP contribution in [0.3, 0.4) is 0 Å². The molecule has 9 rings (SSSR count). The molecule has 0 atom stereocenters. The Morgan fingerprint density at radius 2 is 1.40 bits per heavy atom. The minimum atomic E-state index is -1.57. The molecule has 0 unspecified atom stereocenters. The molecule has 5 heteroatoms. The molecule has 1 radical (unpaired) electrons. The maximum atomic E-state index is 8.61. The fourth-order valence-electron chi connectivity index (χ4n) is 7.64. The van der Waals surface area contributed by atoms with Gasteiger partial charge in [0.2, 0.25) is 0 Å². The molecule has 0 saturated carbocycles. The van der Waals surface area contributed by atoms with E-state index in [9.17, 15) is 0 Å². The van der Waals surface area contributed by atoms with Crippen molar-refractivity contribution >= 4 is 35.2 Å². The number of hydrogen-bond donors (Lipinski definition) is 0. The second-order valence-corrected chi connectivity index (χ2v) is 20.5. The summed E-state index contributed by atoms with van der Waals surface area (Å²) >= 11 is 0. The van der Waals surface area contributed by atoms with E-state index in [4.69, 9.17) is 15.8 Å². The normalized spacial score (nSPS) is 13.0. The van der Waals surface area contributed by atoms with Gasteiger partial charge < -0.3 is 14.4 Å². The van der Waals surface area contributed by atoms with E-state index < -0.39 is 14.0 Å². The zero-order valence-corrected chi connectivity index (χ0v) is 35.6. The van der Waals surface area contributed by atoms with Gasteiger partial charge in [0.25, 0.3) is 0 Å². The summed E-state index contributed by atoms with van der Waals surface area (Å²) < 4.78 is 15.0. The van der Waals surface area contributed by atoms with Crippen molar-refractivity contribution in [2.45, 2.75) is 65.1 Å². The molecule has 1 aliphatic rings. The monoisotopic (exact) mass is 912 g/mol. The maximum absolute atomic E-state index is 8.61. The summed E-state index contributed by atoms with van der Waals surface area (Å²) in [5.74, 6) is -0.648. The number of rotatable bonds is 6. The van der Waals surface area contributed by atoms with Crippen LogP contribution >= 0.6 is 0 Å². The van der Waals surface area contributed by atoms with Crippen molar-refractivity contribution in [1.82, 2.24) is 9.97 Å². The molecule has 0 N–H and O–H groups in total. The molecule has 0 fully saturated rings. The fraction of sp³-hybridized carbons (Fsp3) is 0.200. The van der Waals surface area contributed by atoms with Crippen LogP contribution in [-0.2, 0) is 32.9 Å². The quantitative estimate of drug-likeness (QED) is 0.123. The van der Waals surface area contributed by atoms with Gasteiger partial charge in [0.1, 0.15) is 5.58 Å². The van der Waals surface area contributed by atoms with E-state index in [1.807, 2.05) is 62.6 Å². The van der Waals surface area contributed by atoms with Gasteiger partial charge in [-0.05, 0) is 77.0 Å². The van der Waals surface area contributed by atoms with Crippen LogP contribution in [0.1, 0.15) is 50.6 Å². The molecule has 3 heterocycles. The van der Waals surface area contributed by atoms with Gasteiger partial charge in [0.05, 0.1) is 13.7 Å². The predicted molar refractivity (Wildman–Crippen MR) is 229 cm³/mol. The van der Waals surface area contributed by atoms with Crippen molar-refractivity contribution in [3.63, 3.8) is 0 Å². The van der Waals surface area contributed by atoms with Crippen molar-refractivity contribution in [2.75, 3.05) is 0 Å². The summed E-state index contributed by atoms with van der Waals surface area (Å²) in [6.07, 6.45) is 8.64. The minimum Gasteiger partial charge on any atom is -0.501 e. The van der Waals surface area contributed by atoms with Gasteiger partial charge in [-0.2, -0.15) is 0 Å². The van der Waals surface area contributed by atoms with Crippen LogP contribution in [0.2, 0.25) is 19.6 Å². The minimum absolute atomic E-state index is 0. The van der Waals surface area contributed by atoms with E-state index in [-0.39, 0.29) is 20.1 Å². The van der Waals surface area contributed by atoms with Crippen LogP contribution in [-0.4, -0.2) is 18.0 Å². The molecule has 1 aliphatic carbocycles. The van der Waals surface area contributed by atoms with E-state index in [2.05, 4.69) is 117 Å². The number of hydrogen-bond acceptors (Lipinski definition) is 3. The zero-order chi connectivity index (χ0) is 38.2. The Bertz CT molecular complexity index is 2620. The van der Waals surface area contributed by atoms with Crippen molar-refractivity contribution in [1.29, 1.82) is 0 Å². The Labute approximate surface area is 341 Å². The first-order chi connectivity index (χ1) is 26.5. The molecule has 3 aromatic heterocycles. The maximum Gasteiger partial charge on any atom is 0.121 e. The number of benzene rings is 5. The molecule has 0 amide bonds. The predicted octanol–water partition coefficient (Wildman–Crippen LogP) is 12.9. The van der Waals surface area contributed by atoms with Crippen molar-refractivity contribution < 1.29 is 25.9 Å². The van der Waals surface area contributed by atoms with Crippen LogP contribution < -0.4 is 5.19 Å². The standard InChI is InChI=1S/C27H20NO.C23H26NSi.Ir/c1-2-7-18(8-3-1)20-13-14-22-23-11-6-12-24(27(23)29-25(22)17-20)26-21-10-5-4-9-19(21)15-16-28-26;1-17(2)21-15-22(24-16-23(21)25(3,4)5)20-13-9-12-19(14-20)18-10-7-6-8-11-18;/h1-3,6-8,11,13-17H,4-5,9-10H2;6-12,14-17H,1-5H3;/q2*-1;/i;17D;. The average molecular weight is 912 g/mol. The molecule has 277 valence electrons. The third-order valence-electron chi connectivity index (χ3n) is 10.5. The molecular weight excluding hydrogens is 865 g/mol. The Morgan fingerprint density at radius 1 is 0.709 bits per heavy atom. The SMILES string of the molecule is [2H]C(C)(C)c1cc(-c2[c-]ccc(-c3ccccc3)c2)ncc1[Si](C)(C)C.[Ir].[c-]1ccc2c(oc3cc(-c4ccccc4)ccc32)c1-c1nccc2c1CCCC2. The summed E-state index contributed by atoms with van der Waals surface area (Å²) in [6, 6.07) is 48.5. The van der Waals surface area contributed by atoms with E-state index in [1.165, 1.54) is 40.3 Å². The van der Waals surface area contributed by atoms with E-state index in [0.29, 0.717) is 0 Å². The second kappa shape index (κ2) is 16.4. The molecule has 5 aromatic carbocycles. The molecule has 0 saturated heterocycles. The van der Waals surface area contributed by atoms with Gasteiger partial charge in [-0.3, -0.25) is 0 Å². The third kappa shape index (κ3) is 8.07. The molecule has 0 spiro atoms. The van der Waals surface area contributed by atoms with E-state index in [1.54, 1.807) is 0 Å². The zero-order valence-electron chi connectivity index (χ0n) is 33.2. The molecule has 0 bridgehead atoms. The fourth-order valence-corrected chi connectivity index (χ4v) is 9.23. The van der Waals surface area contributed by atoms with Crippen molar-refractivity contribution in [2.24, 2.45) is 0 Å². The molecule has 3 nitrogen and oxygen atoms in total. The molecule has 55 heavy (non-hydrogen) atoms. The van der Waals surface area contributed by atoms with Crippen LogP contribution in [0.4, 0.5) is 0 Å². The van der Waals surface area contributed by atoms with Gasteiger partial charge in [0, 0.05) is 39.3 Å². The Balaban J connectivity index is 0.000000170. The first-order valence-corrected chi connectivity index (χ1v) is 22.5. The number of aryl methyl sites for hydroxylation is 1. The van der Waals surface area contributed by atoms with Gasteiger partial charge in [-0.25, -0.2) is 0 Å². The van der Waals surface area contributed by atoms with Gasteiger partial charge in [-0.1, -0.05) is 140 Å². The third-order valence-corrected chi connectivity index (χ3v) is 12.5. The second-order valence-electron chi connectivity index (χ2n) is 15.5. The molecule has 8 aromatic rings. The first kappa shape index (κ1) is 37.0. The smallest absolute Gasteiger partial charge is 0.121 e. The van der Waals surface area contributed by atoms with Gasteiger partial charge in [-0.15, -0.1) is 53.6 Å². The average Bonchev–Trinajstić information content (AvgIpc) is 3.59. The first-order valence-electron chi connectivity index (χ1n) is 19.5. The largest absolute Gasteiger partial charge is 0.501 e. The molecular formula is C50H46IrN2OSi-2. The van der Waals surface area contributed by atoms with Crippen LogP contribution in [0.15, 0.2) is 138 Å². The summed E-state index contributed by atoms with van der Waals surface area (Å²) in [4.78, 5) is 9.50. The number of nitrogens with zero attached hydrogens (tertiary/aromatic N) is 2. The Kier molecular flexibility index (Phi) is 11.1.